The van der Waals surface area contributed by atoms with Gasteiger partial charge in [0.15, 0.2) is 0 Å². The highest BCUT2D eigenvalue weighted by molar-refractivity contribution is 5.95. The zero-order valence-corrected chi connectivity index (χ0v) is 14.8. The van der Waals surface area contributed by atoms with Gasteiger partial charge in [-0.2, -0.15) is 8.78 Å². The summed E-state index contributed by atoms with van der Waals surface area (Å²) in [7, 11) is 0. The Labute approximate surface area is 150 Å². The summed E-state index contributed by atoms with van der Waals surface area (Å²) in [5.41, 5.74) is 0.190. The molecule has 144 valence electrons. The first kappa shape index (κ1) is 19.9. The number of hydrogen-bond donors (Lipinski definition) is 1. The minimum Gasteiger partial charge on any atom is -0.450 e. The number of rotatable bonds is 6. The van der Waals surface area contributed by atoms with Gasteiger partial charge in [-0.25, -0.2) is 4.79 Å². The van der Waals surface area contributed by atoms with E-state index in [0.717, 1.165) is 0 Å². The molecule has 1 saturated heterocycles. The number of ether oxygens (including phenoxy) is 2. The van der Waals surface area contributed by atoms with Crippen LogP contribution in [0.3, 0.4) is 0 Å². The van der Waals surface area contributed by atoms with Crippen LogP contribution in [0.4, 0.5) is 19.3 Å². The van der Waals surface area contributed by atoms with Gasteiger partial charge in [-0.3, -0.25) is 9.69 Å². The van der Waals surface area contributed by atoms with Crippen molar-refractivity contribution in [2.45, 2.75) is 26.5 Å². The van der Waals surface area contributed by atoms with E-state index in [1.807, 2.05) is 4.90 Å². The standard InChI is InChI=1S/C17H23F2N3O4/c1-3-25-17(24)22-10-8-21(9-11-22)12(2)15(23)20-13-6-4-5-7-14(13)26-16(18)19/h4-7,12,16H,3,8-11H2,1-2H3,(H,20,23)/t12-/m1/s1. The molecule has 1 aromatic rings. The van der Waals surface area contributed by atoms with Crippen LogP contribution in [0.15, 0.2) is 24.3 Å². The predicted molar refractivity (Wildman–Crippen MR) is 91.3 cm³/mol. The Morgan fingerprint density at radius 1 is 1.19 bits per heavy atom. The van der Waals surface area contributed by atoms with Crippen molar-refractivity contribution in [1.29, 1.82) is 0 Å². The molecule has 1 aromatic carbocycles. The molecule has 2 amide bonds. The second kappa shape index (κ2) is 9.33. The van der Waals surface area contributed by atoms with Gasteiger partial charge in [-0.05, 0) is 26.0 Å². The molecule has 1 heterocycles. The van der Waals surface area contributed by atoms with Crippen molar-refractivity contribution in [1.82, 2.24) is 9.80 Å². The minimum atomic E-state index is -2.97. The average molecular weight is 371 g/mol. The molecule has 1 fully saturated rings. The average Bonchev–Trinajstić information content (AvgIpc) is 2.62. The van der Waals surface area contributed by atoms with Gasteiger partial charge in [0.25, 0.3) is 0 Å². The molecule has 0 aliphatic carbocycles. The number of amides is 2. The van der Waals surface area contributed by atoms with Gasteiger partial charge in [0.1, 0.15) is 5.75 Å². The number of nitrogens with zero attached hydrogens (tertiary/aromatic N) is 2. The number of anilines is 1. The second-order valence-corrected chi connectivity index (χ2v) is 5.76. The van der Waals surface area contributed by atoms with Gasteiger partial charge in [0, 0.05) is 26.2 Å². The van der Waals surface area contributed by atoms with Crippen LogP contribution in [0.5, 0.6) is 5.75 Å². The van der Waals surface area contributed by atoms with Crippen LogP contribution in [-0.4, -0.2) is 67.2 Å². The quantitative estimate of drug-likeness (QED) is 0.831. The Hall–Kier alpha value is -2.42. The lowest BCUT2D eigenvalue weighted by molar-refractivity contribution is -0.121. The third-order valence-electron chi connectivity index (χ3n) is 4.13. The van der Waals surface area contributed by atoms with Crippen LogP contribution >= 0.6 is 0 Å². The topological polar surface area (TPSA) is 71.1 Å². The van der Waals surface area contributed by atoms with E-state index in [0.29, 0.717) is 32.8 Å². The maximum Gasteiger partial charge on any atom is 0.409 e. The monoisotopic (exact) mass is 371 g/mol. The first-order valence-corrected chi connectivity index (χ1v) is 8.42. The summed E-state index contributed by atoms with van der Waals surface area (Å²) in [5.74, 6) is -0.421. The number of halogens is 2. The first-order valence-electron chi connectivity index (χ1n) is 8.42. The van der Waals surface area contributed by atoms with Gasteiger partial charge in [-0.1, -0.05) is 12.1 Å². The Balaban J connectivity index is 1.92. The number of piperazine rings is 1. The van der Waals surface area contributed by atoms with Crippen LogP contribution in [0.25, 0.3) is 0 Å². The van der Waals surface area contributed by atoms with Crippen molar-refractivity contribution >= 4 is 17.7 Å². The number of alkyl halides is 2. The molecule has 9 heteroatoms. The maximum atomic E-state index is 12.5. The summed E-state index contributed by atoms with van der Waals surface area (Å²) < 4.78 is 34.3. The zero-order chi connectivity index (χ0) is 19.1. The lowest BCUT2D eigenvalue weighted by Gasteiger charge is -2.36. The fraction of sp³-hybridized carbons (Fsp3) is 0.529. The zero-order valence-electron chi connectivity index (χ0n) is 14.8. The predicted octanol–water partition coefficient (Wildman–Crippen LogP) is 2.39. The van der Waals surface area contributed by atoms with Crippen LogP contribution in [-0.2, 0) is 9.53 Å². The number of carbonyl (C=O) groups excluding carboxylic acids is 2. The van der Waals surface area contributed by atoms with E-state index in [1.54, 1.807) is 30.9 Å². The van der Waals surface area contributed by atoms with Gasteiger partial charge < -0.3 is 19.7 Å². The van der Waals surface area contributed by atoms with Crippen LogP contribution in [0, 0.1) is 0 Å². The molecular weight excluding hydrogens is 348 g/mol. The molecule has 0 aromatic heterocycles. The smallest absolute Gasteiger partial charge is 0.409 e. The summed E-state index contributed by atoms with van der Waals surface area (Å²) in [4.78, 5) is 27.7. The van der Waals surface area contributed by atoms with Gasteiger partial charge in [-0.15, -0.1) is 0 Å². The van der Waals surface area contributed by atoms with Gasteiger partial charge in [0.2, 0.25) is 5.91 Å². The number of hydrogen-bond acceptors (Lipinski definition) is 5. The summed E-state index contributed by atoms with van der Waals surface area (Å²) in [6, 6.07) is 5.55. The second-order valence-electron chi connectivity index (χ2n) is 5.76. The lowest BCUT2D eigenvalue weighted by Crippen LogP contribution is -2.54. The third kappa shape index (κ3) is 5.29. The molecular formula is C17H23F2N3O4. The molecule has 1 aliphatic heterocycles. The van der Waals surface area contributed by atoms with Crippen molar-refractivity contribution in [3.05, 3.63) is 24.3 Å². The maximum absolute atomic E-state index is 12.5. The molecule has 0 radical (unpaired) electrons. The Morgan fingerprint density at radius 3 is 2.46 bits per heavy atom. The number of para-hydroxylation sites is 2. The van der Waals surface area contributed by atoms with Gasteiger partial charge >= 0.3 is 12.7 Å². The highest BCUT2D eigenvalue weighted by Crippen LogP contribution is 2.26. The van der Waals surface area contributed by atoms with Crippen molar-refractivity contribution in [3.63, 3.8) is 0 Å². The number of nitrogens with one attached hydrogen (secondary N) is 1. The summed E-state index contributed by atoms with van der Waals surface area (Å²) in [6.07, 6.45) is -0.359. The highest BCUT2D eigenvalue weighted by atomic mass is 19.3. The molecule has 0 saturated carbocycles. The summed E-state index contributed by atoms with van der Waals surface area (Å²) in [5, 5.41) is 2.62. The molecule has 1 aliphatic rings. The fourth-order valence-electron chi connectivity index (χ4n) is 2.68. The lowest BCUT2D eigenvalue weighted by atomic mass is 10.2. The minimum absolute atomic E-state index is 0.0878. The summed E-state index contributed by atoms with van der Waals surface area (Å²) in [6.45, 7) is 2.77. The van der Waals surface area contributed by atoms with Crippen LogP contribution in [0.1, 0.15) is 13.8 Å². The highest BCUT2D eigenvalue weighted by Gasteiger charge is 2.28. The van der Waals surface area contributed by atoms with E-state index in [9.17, 15) is 18.4 Å². The van der Waals surface area contributed by atoms with E-state index in [-0.39, 0.29) is 23.4 Å². The Kier molecular flexibility index (Phi) is 7.14. The molecule has 0 bridgehead atoms. The Bertz CT molecular complexity index is 622. The molecule has 1 N–H and O–H groups in total. The number of carbonyl (C=O) groups is 2. The van der Waals surface area contributed by atoms with E-state index >= 15 is 0 Å². The molecule has 0 spiro atoms. The molecule has 26 heavy (non-hydrogen) atoms. The van der Waals surface area contributed by atoms with Crippen molar-refractivity contribution in [3.8, 4) is 5.75 Å². The largest absolute Gasteiger partial charge is 0.450 e. The van der Waals surface area contributed by atoms with Gasteiger partial charge in [0.05, 0.1) is 18.3 Å². The van der Waals surface area contributed by atoms with Crippen molar-refractivity contribution in [2.75, 3.05) is 38.1 Å². The van der Waals surface area contributed by atoms with E-state index in [1.165, 1.54) is 12.1 Å². The third-order valence-corrected chi connectivity index (χ3v) is 4.13. The molecule has 1 atom stereocenters. The SMILES string of the molecule is CCOC(=O)N1CCN([C@H](C)C(=O)Nc2ccccc2OC(F)F)CC1. The fourth-order valence-corrected chi connectivity index (χ4v) is 2.68. The van der Waals surface area contributed by atoms with Crippen molar-refractivity contribution in [2.24, 2.45) is 0 Å². The first-order chi connectivity index (χ1) is 12.4. The Morgan fingerprint density at radius 2 is 1.85 bits per heavy atom. The number of benzene rings is 1. The van der Waals surface area contributed by atoms with E-state index < -0.39 is 12.7 Å². The van der Waals surface area contributed by atoms with Crippen LogP contribution < -0.4 is 10.1 Å². The van der Waals surface area contributed by atoms with E-state index in [2.05, 4.69) is 10.1 Å². The molecule has 0 unspecified atom stereocenters. The normalized spacial score (nSPS) is 16.3. The van der Waals surface area contributed by atoms with E-state index in [4.69, 9.17) is 4.74 Å². The summed E-state index contributed by atoms with van der Waals surface area (Å²) >= 11 is 0. The molecule has 2 rings (SSSR count). The van der Waals surface area contributed by atoms with Crippen molar-refractivity contribution < 1.29 is 27.8 Å². The van der Waals surface area contributed by atoms with Crippen LogP contribution in [0.2, 0.25) is 0 Å². The molecule has 7 nitrogen and oxygen atoms in total.